The van der Waals surface area contributed by atoms with Crippen LogP contribution >= 0.6 is 0 Å². The van der Waals surface area contributed by atoms with Gasteiger partial charge >= 0.3 is 0 Å². The fourth-order valence-electron chi connectivity index (χ4n) is 4.40. The molecule has 100 valence electrons. The smallest absolute Gasteiger partial charge is 0.0158 e. The van der Waals surface area contributed by atoms with E-state index in [1.807, 2.05) is 0 Å². The maximum Gasteiger partial charge on any atom is 0.0158 e. The second-order valence-electron chi connectivity index (χ2n) is 5.95. The van der Waals surface area contributed by atoms with Crippen LogP contribution in [0.4, 0.5) is 0 Å². The Morgan fingerprint density at radius 2 is 1.67 bits per heavy atom. The minimum Gasteiger partial charge on any atom is -0.316 e. The Morgan fingerprint density at radius 1 is 1.11 bits per heavy atom. The van der Waals surface area contributed by atoms with E-state index < -0.39 is 0 Å². The summed E-state index contributed by atoms with van der Waals surface area (Å²) in [5.41, 5.74) is 3.33. The van der Waals surface area contributed by atoms with Gasteiger partial charge in [-0.25, -0.2) is 0 Å². The van der Waals surface area contributed by atoms with Crippen LogP contribution in [0.1, 0.15) is 50.7 Å². The molecule has 18 heavy (non-hydrogen) atoms. The molecule has 1 saturated carbocycles. The lowest BCUT2D eigenvalue weighted by Gasteiger charge is -2.61. The van der Waals surface area contributed by atoms with Crippen molar-refractivity contribution in [2.24, 2.45) is 11.3 Å². The van der Waals surface area contributed by atoms with Crippen molar-refractivity contribution in [3.63, 3.8) is 0 Å². The average Bonchev–Trinajstić information content (AvgIpc) is 2.38. The van der Waals surface area contributed by atoms with Crippen LogP contribution in [0.3, 0.4) is 0 Å². The standard InChI is InChI=1S/C17H27N/c1-6-17(7-2)15(13(4)16(17)18-5)14-10-8-12(3)9-11-14/h8-11,13,15-16,18H,6-7H2,1-5H3. The van der Waals surface area contributed by atoms with Gasteiger partial charge in [0.15, 0.2) is 0 Å². The monoisotopic (exact) mass is 245 g/mol. The van der Waals surface area contributed by atoms with Crippen molar-refractivity contribution in [1.29, 1.82) is 0 Å². The molecule has 0 saturated heterocycles. The van der Waals surface area contributed by atoms with Crippen LogP contribution in [0.25, 0.3) is 0 Å². The Bertz CT molecular complexity index is 389. The van der Waals surface area contributed by atoms with Gasteiger partial charge in [-0.1, -0.05) is 50.6 Å². The highest BCUT2D eigenvalue weighted by Crippen LogP contribution is 2.60. The first-order chi connectivity index (χ1) is 8.60. The number of rotatable bonds is 4. The van der Waals surface area contributed by atoms with E-state index in [1.165, 1.54) is 24.0 Å². The van der Waals surface area contributed by atoms with E-state index in [0.29, 0.717) is 17.4 Å². The molecule has 0 radical (unpaired) electrons. The molecule has 1 N–H and O–H groups in total. The predicted octanol–water partition coefficient (Wildman–Crippen LogP) is 4.12. The molecule has 0 aliphatic heterocycles. The fourth-order valence-corrected chi connectivity index (χ4v) is 4.40. The average molecular weight is 245 g/mol. The van der Waals surface area contributed by atoms with Crippen molar-refractivity contribution >= 4 is 0 Å². The molecule has 1 aromatic carbocycles. The molecule has 3 unspecified atom stereocenters. The summed E-state index contributed by atoms with van der Waals surface area (Å²) in [5, 5.41) is 3.56. The first-order valence-corrected chi connectivity index (χ1v) is 7.34. The van der Waals surface area contributed by atoms with E-state index in [-0.39, 0.29) is 0 Å². The second-order valence-corrected chi connectivity index (χ2v) is 5.95. The summed E-state index contributed by atoms with van der Waals surface area (Å²) >= 11 is 0. The fraction of sp³-hybridized carbons (Fsp3) is 0.647. The lowest BCUT2D eigenvalue weighted by Crippen LogP contribution is -2.63. The van der Waals surface area contributed by atoms with Crippen molar-refractivity contribution in [3.05, 3.63) is 35.4 Å². The van der Waals surface area contributed by atoms with Gasteiger partial charge in [-0.3, -0.25) is 0 Å². The van der Waals surface area contributed by atoms with Crippen LogP contribution in [0.5, 0.6) is 0 Å². The number of aryl methyl sites for hydroxylation is 1. The lowest BCUT2D eigenvalue weighted by molar-refractivity contribution is -0.0356. The summed E-state index contributed by atoms with van der Waals surface area (Å²) in [5.74, 6) is 1.45. The maximum atomic E-state index is 3.56. The van der Waals surface area contributed by atoms with Crippen LogP contribution in [0, 0.1) is 18.3 Å². The van der Waals surface area contributed by atoms with Crippen LogP contribution in [0.15, 0.2) is 24.3 Å². The van der Waals surface area contributed by atoms with Gasteiger partial charge in [-0.15, -0.1) is 0 Å². The van der Waals surface area contributed by atoms with Crippen molar-refractivity contribution in [2.75, 3.05) is 7.05 Å². The summed E-state index contributed by atoms with van der Waals surface area (Å²) in [7, 11) is 2.12. The molecule has 1 nitrogen and oxygen atoms in total. The Hall–Kier alpha value is -0.820. The number of nitrogens with one attached hydrogen (secondary N) is 1. The molecular weight excluding hydrogens is 218 g/mol. The number of hydrogen-bond donors (Lipinski definition) is 1. The third-order valence-corrected chi connectivity index (χ3v) is 5.35. The van der Waals surface area contributed by atoms with Crippen molar-refractivity contribution in [1.82, 2.24) is 5.32 Å². The SMILES string of the molecule is CCC1(CC)C(NC)C(C)C1c1ccc(C)cc1. The molecule has 1 aliphatic rings. The first kappa shape index (κ1) is 13.6. The van der Waals surface area contributed by atoms with Gasteiger partial charge < -0.3 is 5.32 Å². The van der Waals surface area contributed by atoms with Crippen LogP contribution in [-0.2, 0) is 0 Å². The molecule has 1 aliphatic carbocycles. The molecule has 0 aromatic heterocycles. The molecule has 1 aromatic rings. The molecule has 3 atom stereocenters. The quantitative estimate of drug-likeness (QED) is 0.841. The van der Waals surface area contributed by atoms with Gasteiger partial charge in [-0.2, -0.15) is 0 Å². The Kier molecular flexibility index (Phi) is 3.82. The summed E-state index contributed by atoms with van der Waals surface area (Å²) in [6, 6.07) is 9.85. The van der Waals surface area contributed by atoms with E-state index in [1.54, 1.807) is 0 Å². The minimum absolute atomic E-state index is 0.448. The minimum atomic E-state index is 0.448. The first-order valence-electron chi connectivity index (χ1n) is 7.34. The largest absolute Gasteiger partial charge is 0.316 e. The van der Waals surface area contributed by atoms with Gasteiger partial charge in [0.25, 0.3) is 0 Å². The second kappa shape index (κ2) is 5.05. The molecule has 0 amide bonds. The molecule has 0 bridgehead atoms. The van der Waals surface area contributed by atoms with Crippen LogP contribution in [0.2, 0.25) is 0 Å². The van der Waals surface area contributed by atoms with Crippen molar-refractivity contribution in [3.8, 4) is 0 Å². The lowest BCUT2D eigenvalue weighted by atomic mass is 9.46. The van der Waals surface area contributed by atoms with E-state index >= 15 is 0 Å². The summed E-state index contributed by atoms with van der Waals surface area (Å²) < 4.78 is 0. The molecule has 0 spiro atoms. The van der Waals surface area contributed by atoms with E-state index in [4.69, 9.17) is 0 Å². The number of benzene rings is 1. The highest BCUT2D eigenvalue weighted by molar-refractivity contribution is 5.32. The van der Waals surface area contributed by atoms with Crippen LogP contribution in [-0.4, -0.2) is 13.1 Å². The topological polar surface area (TPSA) is 12.0 Å². The van der Waals surface area contributed by atoms with Gasteiger partial charge in [0, 0.05) is 6.04 Å². The Balaban J connectivity index is 2.34. The summed E-state index contributed by atoms with van der Waals surface area (Å²) in [4.78, 5) is 0. The zero-order chi connectivity index (χ0) is 13.3. The van der Waals surface area contributed by atoms with E-state index in [9.17, 15) is 0 Å². The Labute approximate surface area is 112 Å². The van der Waals surface area contributed by atoms with Gasteiger partial charge in [0.2, 0.25) is 0 Å². The van der Waals surface area contributed by atoms with Crippen molar-refractivity contribution in [2.45, 2.75) is 52.5 Å². The predicted molar refractivity (Wildman–Crippen MR) is 78.9 cm³/mol. The Morgan fingerprint density at radius 3 is 2.11 bits per heavy atom. The molecular formula is C17H27N. The highest BCUT2D eigenvalue weighted by Gasteiger charge is 2.57. The third kappa shape index (κ3) is 1.80. The molecule has 2 rings (SSSR count). The van der Waals surface area contributed by atoms with Gasteiger partial charge in [0.1, 0.15) is 0 Å². The normalized spacial score (nSPS) is 29.9. The van der Waals surface area contributed by atoms with E-state index in [2.05, 4.69) is 64.3 Å². The van der Waals surface area contributed by atoms with E-state index in [0.717, 1.165) is 5.92 Å². The summed E-state index contributed by atoms with van der Waals surface area (Å²) in [6.07, 6.45) is 2.52. The molecule has 1 heteroatoms. The number of hydrogen-bond acceptors (Lipinski definition) is 1. The van der Waals surface area contributed by atoms with Gasteiger partial charge in [0.05, 0.1) is 0 Å². The highest BCUT2D eigenvalue weighted by atomic mass is 15.0. The third-order valence-electron chi connectivity index (χ3n) is 5.35. The summed E-state index contributed by atoms with van der Waals surface area (Å²) in [6.45, 7) is 9.26. The maximum absolute atomic E-state index is 3.56. The van der Waals surface area contributed by atoms with Gasteiger partial charge in [-0.05, 0) is 49.6 Å². The van der Waals surface area contributed by atoms with Crippen molar-refractivity contribution < 1.29 is 0 Å². The van der Waals surface area contributed by atoms with Crippen LogP contribution < -0.4 is 5.32 Å². The zero-order valence-electron chi connectivity index (χ0n) is 12.5. The zero-order valence-corrected chi connectivity index (χ0v) is 12.5. The molecule has 1 fully saturated rings. The molecule has 0 heterocycles.